The topological polar surface area (TPSA) is 51.1 Å². The summed E-state index contributed by atoms with van der Waals surface area (Å²) in [5, 5.41) is 0. The molecule has 1 aromatic carbocycles. The molecule has 120 valence electrons. The van der Waals surface area contributed by atoms with E-state index < -0.39 is 21.8 Å². The average Bonchev–Trinajstić information content (AvgIpc) is 2.76. The van der Waals surface area contributed by atoms with Crippen molar-refractivity contribution in [3.05, 3.63) is 53.3 Å². The molecule has 4 nitrogen and oxygen atoms in total. The molecule has 22 heavy (non-hydrogen) atoms. The minimum absolute atomic E-state index is 0.0632. The van der Waals surface area contributed by atoms with Gasteiger partial charge in [0.15, 0.2) is 0 Å². The van der Waals surface area contributed by atoms with Gasteiger partial charge in [-0.25, -0.2) is 13.1 Å². The number of benzene rings is 1. The molecule has 0 spiro atoms. The maximum Gasteiger partial charge on any atom is 0.416 e. The molecule has 0 aliphatic heterocycles. The Morgan fingerprint density at radius 1 is 1.09 bits per heavy atom. The molecule has 2 aromatic rings. The summed E-state index contributed by atoms with van der Waals surface area (Å²) >= 11 is 0. The Morgan fingerprint density at radius 3 is 2.14 bits per heavy atom. The monoisotopic (exact) mass is 332 g/mol. The van der Waals surface area contributed by atoms with Crippen LogP contribution in [0.3, 0.4) is 0 Å². The second-order valence-electron chi connectivity index (χ2n) is 4.87. The highest BCUT2D eigenvalue weighted by Crippen LogP contribution is 2.29. The van der Waals surface area contributed by atoms with E-state index in [1.165, 1.54) is 0 Å². The molecule has 1 heterocycles. The minimum atomic E-state index is -4.49. The third kappa shape index (κ3) is 3.50. The van der Waals surface area contributed by atoms with E-state index in [-0.39, 0.29) is 11.4 Å². The zero-order valence-electron chi connectivity index (χ0n) is 12.0. The second-order valence-corrected chi connectivity index (χ2v) is 6.64. The Kier molecular flexibility index (Phi) is 4.35. The van der Waals surface area contributed by atoms with Crippen molar-refractivity contribution in [2.75, 3.05) is 0 Å². The SMILES string of the molecule is Cc1ccc(CNS(=O)(=O)c2ccc(C(F)(F)F)cc2)n1C. The molecular formula is C14H15F3N2O2S. The van der Waals surface area contributed by atoms with E-state index in [1.807, 2.05) is 17.6 Å². The number of sulfonamides is 1. The lowest BCUT2D eigenvalue weighted by atomic mass is 10.2. The van der Waals surface area contributed by atoms with Crippen LogP contribution in [-0.4, -0.2) is 13.0 Å². The van der Waals surface area contributed by atoms with Crippen LogP contribution in [-0.2, 0) is 29.8 Å². The van der Waals surface area contributed by atoms with Gasteiger partial charge in [0.25, 0.3) is 0 Å². The number of aryl methyl sites for hydroxylation is 1. The first-order valence-corrected chi connectivity index (χ1v) is 7.88. The first kappa shape index (κ1) is 16.6. The average molecular weight is 332 g/mol. The van der Waals surface area contributed by atoms with Gasteiger partial charge in [-0.05, 0) is 43.3 Å². The number of nitrogens with zero attached hydrogens (tertiary/aromatic N) is 1. The summed E-state index contributed by atoms with van der Waals surface area (Å²) in [6, 6.07) is 7.03. The molecule has 0 fully saturated rings. The van der Waals surface area contributed by atoms with E-state index in [9.17, 15) is 21.6 Å². The molecule has 0 atom stereocenters. The number of rotatable bonds is 4. The van der Waals surface area contributed by atoms with Crippen LogP contribution < -0.4 is 4.72 Å². The predicted octanol–water partition coefficient (Wildman–Crippen LogP) is 2.83. The highest BCUT2D eigenvalue weighted by molar-refractivity contribution is 7.89. The van der Waals surface area contributed by atoms with Gasteiger partial charge < -0.3 is 4.57 Å². The van der Waals surface area contributed by atoms with Crippen LogP contribution in [0.5, 0.6) is 0 Å². The predicted molar refractivity (Wildman–Crippen MR) is 75.6 cm³/mol. The number of alkyl halides is 3. The van der Waals surface area contributed by atoms with E-state index in [4.69, 9.17) is 0 Å². The van der Waals surface area contributed by atoms with Crippen molar-refractivity contribution in [1.29, 1.82) is 0 Å². The standard InChI is InChI=1S/C14H15F3N2O2S/c1-10-3-6-12(19(10)2)9-18-22(20,21)13-7-4-11(5-8-13)14(15,16)17/h3-8,18H,9H2,1-2H3. The van der Waals surface area contributed by atoms with Crippen molar-refractivity contribution >= 4 is 10.0 Å². The van der Waals surface area contributed by atoms with Crippen molar-refractivity contribution in [3.63, 3.8) is 0 Å². The molecule has 0 saturated heterocycles. The number of nitrogens with one attached hydrogen (secondary N) is 1. The van der Waals surface area contributed by atoms with Gasteiger partial charge in [0.1, 0.15) is 0 Å². The van der Waals surface area contributed by atoms with Gasteiger partial charge in [-0.3, -0.25) is 0 Å². The van der Waals surface area contributed by atoms with Crippen LogP contribution in [0.1, 0.15) is 17.0 Å². The van der Waals surface area contributed by atoms with Crippen LogP contribution in [0.25, 0.3) is 0 Å². The summed E-state index contributed by atoms with van der Waals surface area (Å²) in [5.74, 6) is 0. The number of aromatic nitrogens is 1. The van der Waals surface area contributed by atoms with Crippen molar-refractivity contribution in [3.8, 4) is 0 Å². The smallest absolute Gasteiger partial charge is 0.351 e. The maximum atomic E-state index is 12.5. The summed E-state index contributed by atoms with van der Waals surface area (Å²) < 4.78 is 65.8. The summed E-state index contributed by atoms with van der Waals surface area (Å²) in [4.78, 5) is -0.202. The molecular weight excluding hydrogens is 317 g/mol. The van der Waals surface area contributed by atoms with Crippen LogP contribution in [0, 0.1) is 6.92 Å². The quantitative estimate of drug-likeness (QED) is 0.936. The van der Waals surface area contributed by atoms with Gasteiger partial charge in [0.05, 0.1) is 17.0 Å². The lowest BCUT2D eigenvalue weighted by Crippen LogP contribution is -2.24. The number of hydrogen-bond donors (Lipinski definition) is 1. The van der Waals surface area contributed by atoms with E-state index in [1.54, 1.807) is 13.1 Å². The second kappa shape index (κ2) is 5.77. The van der Waals surface area contributed by atoms with Gasteiger partial charge in [-0.2, -0.15) is 13.2 Å². The first-order chi connectivity index (χ1) is 10.1. The Hall–Kier alpha value is -1.80. The van der Waals surface area contributed by atoms with Gasteiger partial charge in [-0.1, -0.05) is 0 Å². The van der Waals surface area contributed by atoms with Gasteiger partial charge in [0.2, 0.25) is 10.0 Å². The fraction of sp³-hybridized carbons (Fsp3) is 0.286. The Labute approximate surface area is 126 Å². The zero-order valence-corrected chi connectivity index (χ0v) is 12.8. The largest absolute Gasteiger partial charge is 0.416 e. The molecule has 0 aliphatic carbocycles. The highest BCUT2D eigenvalue weighted by atomic mass is 32.2. The highest BCUT2D eigenvalue weighted by Gasteiger charge is 2.30. The van der Waals surface area contributed by atoms with Crippen molar-refractivity contribution < 1.29 is 21.6 Å². The third-order valence-corrected chi connectivity index (χ3v) is 4.83. The zero-order chi connectivity index (χ0) is 16.5. The summed E-state index contributed by atoms with van der Waals surface area (Å²) in [6.45, 7) is 1.95. The van der Waals surface area contributed by atoms with Crippen LogP contribution in [0.4, 0.5) is 13.2 Å². The van der Waals surface area contributed by atoms with E-state index in [0.29, 0.717) is 0 Å². The molecule has 0 saturated carbocycles. The van der Waals surface area contributed by atoms with Gasteiger partial charge >= 0.3 is 6.18 Å². The van der Waals surface area contributed by atoms with E-state index in [0.717, 1.165) is 35.7 Å². The van der Waals surface area contributed by atoms with Gasteiger partial charge in [0, 0.05) is 18.4 Å². The minimum Gasteiger partial charge on any atom is -0.351 e. The summed E-state index contributed by atoms with van der Waals surface area (Å²) in [5.41, 5.74) is 0.848. The molecule has 8 heteroatoms. The fourth-order valence-corrected chi connectivity index (χ4v) is 2.92. The lowest BCUT2D eigenvalue weighted by molar-refractivity contribution is -0.137. The third-order valence-electron chi connectivity index (χ3n) is 3.41. The molecule has 1 N–H and O–H groups in total. The van der Waals surface area contributed by atoms with Crippen molar-refractivity contribution in [2.45, 2.75) is 24.5 Å². The molecule has 0 unspecified atom stereocenters. The fourth-order valence-electron chi connectivity index (χ4n) is 1.92. The summed E-state index contributed by atoms with van der Waals surface area (Å²) in [6.07, 6.45) is -4.49. The van der Waals surface area contributed by atoms with Crippen LogP contribution >= 0.6 is 0 Å². The first-order valence-electron chi connectivity index (χ1n) is 6.39. The van der Waals surface area contributed by atoms with Crippen molar-refractivity contribution in [2.24, 2.45) is 7.05 Å². The van der Waals surface area contributed by atoms with Gasteiger partial charge in [-0.15, -0.1) is 0 Å². The van der Waals surface area contributed by atoms with Crippen molar-refractivity contribution in [1.82, 2.24) is 9.29 Å². The number of hydrogen-bond acceptors (Lipinski definition) is 2. The molecule has 2 rings (SSSR count). The Balaban J connectivity index is 2.15. The molecule has 0 aliphatic rings. The molecule has 0 amide bonds. The summed E-state index contributed by atoms with van der Waals surface area (Å²) in [7, 11) is -2.06. The Bertz CT molecular complexity index is 762. The Morgan fingerprint density at radius 2 is 1.68 bits per heavy atom. The maximum absolute atomic E-state index is 12.5. The lowest BCUT2D eigenvalue weighted by Gasteiger charge is -2.10. The molecule has 0 radical (unpaired) electrons. The number of halogens is 3. The molecule has 0 bridgehead atoms. The molecule has 1 aromatic heterocycles. The van der Waals surface area contributed by atoms with E-state index >= 15 is 0 Å². The normalized spacial score (nSPS) is 12.6. The van der Waals surface area contributed by atoms with Crippen LogP contribution in [0.2, 0.25) is 0 Å². The van der Waals surface area contributed by atoms with E-state index in [2.05, 4.69) is 4.72 Å². The van der Waals surface area contributed by atoms with Crippen LogP contribution in [0.15, 0.2) is 41.3 Å².